The molecule has 2 aromatic rings. The van der Waals surface area contributed by atoms with Crippen LogP contribution in [0.25, 0.3) is 0 Å². The van der Waals surface area contributed by atoms with Gasteiger partial charge >= 0.3 is 5.97 Å². The number of hydrogen-bond acceptors (Lipinski definition) is 4. The van der Waals surface area contributed by atoms with Crippen molar-refractivity contribution in [2.75, 3.05) is 0 Å². The Morgan fingerprint density at radius 3 is 2.38 bits per heavy atom. The Kier molecular flexibility index (Phi) is 3.70. The predicted molar refractivity (Wildman–Crippen MR) is 99.1 cm³/mol. The molecule has 4 rings (SSSR count). The Bertz CT molecular complexity index is 949. The van der Waals surface area contributed by atoms with Gasteiger partial charge in [0.25, 0.3) is 0 Å². The van der Waals surface area contributed by atoms with E-state index in [1.165, 1.54) is 6.92 Å². The van der Waals surface area contributed by atoms with Gasteiger partial charge in [-0.2, -0.15) is 0 Å². The first-order chi connectivity index (χ1) is 12.4. The Balaban J connectivity index is 1.93. The van der Waals surface area contributed by atoms with Crippen LogP contribution in [0.4, 0.5) is 0 Å². The van der Waals surface area contributed by atoms with E-state index >= 15 is 0 Å². The van der Waals surface area contributed by atoms with Gasteiger partial charge in [0.15, 0.2) is 5.78 Å². The zero-order chi connectivity index (χ0) is 18.7. The molecule has 1 aliphatic heterocycles. The topological polar surface area (TPSA) is 60.4 Å². The second-order valence-corrected chi connectivity index (χ2v) is 7.80. The lowest BCUT2D eigenvalue weighted by Crippen LogP contribution is -2.38. The third-order valence-corrected chi connectivity index (χ3v) is 6.45. The summed E-state index contributed by atoms with van der Waals surface area (Å²) in [6.07, 6.45) is 0.385. The van der Waals surface area contributed by atoms with Gasteiger partial charge in [0.2, 0.25) is 0 Å². The molecule has 5 heteroatoms. The summed E-state index contributed by atoms with van der Waals surface area (Å²) in [5.41, 5.74) is -1.28. The van der Waals surface area contributed by atoms with E-state index in [4.69, 9.17) is 4.74 Å². The summed E-state index contributed by atoms with van der Waals surface area (Å²) in [5, 5.41) is 0. The van der Waals surface area contributed by atoms with Crippen LogP contribution in [0.15, 0.2) is 53.0 Å². The SMILES string of the molecule is CCC1(C(=O)c2ccc(Br)cc2)C2c3ccccc3OC(=O)C21C(C)=O. The highest BCUT2D eigenvalue weighted by molar-refractivity contribution is 9.10. The van der Waals surface area contributed by atoms with Crippen molar-refractivity contribution >= 4 is 33.5 Å². The van der Waals surface area contributed by atoms with Crippen LogP contribution in [0.2, 0.25) is 0 Å². The van der Waals surface area contributed by atoms with Gasteiger partial charge in [0.1, 0.15) is 16.9 Å². The fourth-order valence-electron chi connectivity index (χ4n) is 4.80. The van der Waals surface area contributed by atoms with Crippen LogP contribution in [0.3, 0.4) is 0 Å². The molecule has 0 amide bonds. The van der Waals surface area contributed by atoms with E-state index in [1.54, 1.807) is 36.4 Å². The van der Waals surface area contributed by atoms with E-state index in [9.17, 15) is 14.4 Å². The normalized spacial score (nSPS) is 28.6. The fraction of sp³-hybridized carbons (Fsp3) is 0.286. The zero-order valence-electron chi connectivity index (χ0n) is 14.4. The number of benzene rings is 2. The van der Waals surface area contributed by atoms with Crippen LogP contribution in [-0.2, 0) is 9.59 Å². The average molecular weight is 413 g/mol. The summed E-state index contributed by atoms with van der Waals surface area (Å²) >= 11 is 3.36. The van der Waals surface area contributed by atoms with Gasteiger partial charge in [-0.1, -0.05) is 53.2 Å². The van der Waals surface area contributed by atoms with Crippen molar-refractivity contribution < 1.29 is 19.1 Å². The number of fused-ring (bicyclic) bond motifs is 3. The third kappa shape index (κ3) is 1.87. The van der Waals surface area contributed by atoms with Crippen molar-refractivity contribution in [3.8, 4) is 5.75 Å². The molecule has 3 unspecified atom stereocenters. The highest BCUT2D eigenvalue weighted by Crippen LogP contribution is 2.80. The van der Waals surface area contributed by atoms with Crippen molar-refractivity contribution in [3.63, 3.8) is 0 Å². The van der Waals surface area contributed by atoms with Gasteiger partial charge in [-0.3, -0.25) is 14.4 Å². The second-order valence-electron chi connectivity index (χ2n) is 6.89. The number of carbonyl (C=O) groups excluding carboxylic acids is 3. The Hall–Kier alpha value is -2.27. The first-order valence-corrected chi connectivity index (χ1v) is 9.33. The van der Waals surface area contributed by atoms with Crippen molar-refractivity contribution in [1.82, 2.24) is 0 Å². The van der Waals surface area contributed by atoms with E-state index in [0.717, 1.165) is 10.0 Å². The van der Waals surface area contributed by atoms with E-state index in [2.05, 4.69) is 15.9 Å². The molecule has 0 aromatic heterocycles. The first-order valence-electron chi connectivity index (χ1n) is 8.54. The highest BCUT2D eigenvalue weighted by Gasteiger charge is 2.87. The number of rotatable bonds is 4. The number of esters is 1. The lowest BCUT2D eigenvalue weighted by atomic mass is 9.81. The molecule has 2 aromatic carbocycles. The Morgan fingerprint density at radius 1 is 1.12 bits per heavy atom. The average Bonchev–Trinajstić information content (AvgIpc) is 3.29. The van der Waals surface area contributed by atoms with Crippen molar-refractivity contribution in [3.05, 3.63) is 64.1 Å². The molecule has 4 nitrogen and oxygen atoms in total. The number of para-hydroxylation sites is 1. The summed E-state index contributed by atoms with van der Waals surface area (Å²) < 4.78 is 6.35. The molecule has 1 fully saturated rings. The lowest BCUT2D eigenvalue weighted by molar-refractivity contribution is -0.148. The van der Waals surface area contributed by atoms with Crippen LogP contribution in [0, 0.1) is 10.8 Å². The van der Waals surface area contributed by atoms with Crippen LogP contribution in [0.5, 0.6) is 5.75 Å². The molecular weight excluding hydrogens is 396 g/mol. The van der Waals surface area contributed by atoms with Crippen molar-refractivity contribution in [2.24, 2.45) is 10.8 Å². The van der Waals surface area contributed by atoms with E-state index in [-0.39, 0.29) is 11.6 Å². The summed E-state index contributed by atoms with van der Waals surface area (Å²) in [6.45, 7) is 3.24. The molecule has 0 saturated heterocycles. The summed E-state index contributed by atoms with van der Waals surface area (Å²) in [7, 11) is 0. The quantitative estimate of drug-likeness (QED) is 0.324. The van der Waals surface area contributed by atoms with Gasteiger partial charge in [0.05, 0.1) is 5.41 Å². The van der Waals surface area contributed by atoms with Gasteiger partial charge in [-0.15, -0.1) is 0 Å². The third-order valence-electron chi connectivity index (χ3n) is 5.93. The molecule has 0 spiro atoms. The lowest BCUT2D eigenvalue weighted by Gasteiger charge is -2.22. The maximum absolute atomic E-state index is 13.5. The largest absolute Gasteiger partial charge is 0.425 e. The number of ether oxygens (including phenoxy) is 1. The van der Waals surface area contributed by atoms with Crippen LogP contribution in [-0.4, -0.2) is 17.5 Å². The van der Waals surface area contributed by atoms with Gasteiger partial charge < -0.3 is 4.74 Å². The minimum Gasteiger partial charge on any atom is -0.425 e. The number of carbonyl (C=O) groups is 3. The summed E-state index contributed by atoms with van der Waals surface area (Å²) in [4.78, 5) is 39.1. The number of ketones is 2. The van der Waals surface area contributed by atoms with Crippen molar-refractivity contribution in [1.29, 1.82) is 0 Å². The monoisotopic (exact) mass is 412 g/mol. The maximum atomic E-state index is 13.5. The molecular formula is C21H17BrO4. The van der Waals surface area contributed by atoms with E-state index < -0.39 is 22.7 Å². The summed E-state index contributed by atoms with van der Waals surface area (Å²) in [6, 6.07) is 14.2. The molecule has 2 aliphatic rings. The molecule has 132 valence electrons. The van der Waals surface area contributed by atoms with E-state index in [1.807, 2.05) is 19.1 Å². The second kappa shape index (κ2) is 5.61. The predicted octanol–water partition coefficient (Wildman–Crippen LogP) is 4.32. The van der Waals surface area contributed by atoms with E-state index in [0.29, 0.717) is 17.7 Å². The molecule has 1 aliphatic carbocycles. The molecule has 0 radical (unpaired) electrons. The smallest absolute Gasteiger partial charge is 0.326 e. The Labute approximate surface area is 159 Å². The molecule has 3 atom stereocenters. The minimum absolute atomic E-state index is 0.179. The molecule has 26 heavy (non-hydrogen) atoms. The molecule has 0 bridgehead atoms. The number of hydrogen-bond donors (Lipinski definition) is 0. The summed E-state index contributed by atoms with van der Waals surface area (Å²) in [5.74, 6) is -1.14. The molecule has 0 N–H and O–H groups in total. The van der Waals surface area contributed by atoms with Crippen LogP contribution >= 0.6 is 15.9 Å². The minimum atomic E-state index is -1.43. The Morgan fingerprint density at radius 2 is 1.77 bits per heavy atom. The van der Waals surface area contributed by atoms with Crippen molar-refractivity contribution in [2.45, 2.75) is 26.2 Å². The molecule has 1 heterocycles. The fourth-order valence-corrected chi connectivity index (χ4v) is 5.06. The van der Waals surface area contributed by atoms with Gasteiger partial charge in [0, 0.05) is 21.5 Å². The first kappa shape index (κ1) is 17.2. The zero-order valence-corrected chi connectivity index (χ0v) is 16.0. The maximum Gasteiger partial charge on any atom is 0.326 e. The van der Waals surface area contributed by atoms with Gasteiger partial charge in [-0.25, -0.2) is 0 Å². The molecule has 1 saturated carbocycles. The highest BCUT2D eigenvalue weighted by atomic mass is 79.9. The number of halogens is 1. The van der Waals surface area contributed by atoms with Crippen LogP contribution in [0.1, 0.15) is 42.1 Å². The standard InChI is InChI=1S/C21H17BrO4/c1-3-20(18(24)13-8-10-14(22)11-9-13)17-15-6-4-5-7-16(15)26-19(25)21(17,20)12(2)23/h4-11,17H,3H2,1-2H3. The number of Topliss-reactive ketones (excluding diaryl/α,β-unsaturated/α-hetero) is 2. The van der Waals surface area contributed by atoms with Gasteiger partial charge in [-0.05, 0) is 31.5 Å². The van der Waals surface area contributed by atoms with Crippen LogP contribution < -0.4 is 4.74 Å².